The van der Waals surface area contributed by atoms with Crippen LogP contribution in [0.5, 0.6) is 11.5 Å². The van der Waals surface area contributed by atoms with Crippen molar-refractivity contribution in [3.8, 4) is 11.5 Å². The van der Waals surface area contributed by atoms with E-state index in [0.29, 0.717) is 35.4 Å². The molecule has 160 valence electrons. The molecule has 31 heavy (non-hydrogen) atoms. The highest BCUT2D eigenvalue weighted by Gasteiger charge is 2.31. The van der Waals surface area contributed by atoms with Crippen molar-refractivity contribution in [3.63, 3.8) is 0 Å². The largest absolute Gasteiger partial charge is 0.573 e. The molecule has 4 rings (SSSR count). The van der Waals surface area contributed by atoms with E-state index in [1.165, 1.54) is 31.3 Å². The fraction of sp³-hybridized carbons (Fsp3) is 0.182. The first-order valence-electron chi connectivity index (χ1n) is 9.43. The van der Waals surface area contributed by atoms with Gasteiger partial charge in [0.1, 0.15) is 11.5 Å². The van der Waals surface area contributed by atoms with Gasteiger partial charge in [0, 0.05) is 35.8 Å². The molecule has 0 fully saturated rings. The highest BCUT2D eigenvalue weighted by atomic mass is 19.4. The molecule has 0 aliphatic rings. The molecule has 0 aliphatic carbocycles. The van der Waals surface area contributed by atoms with E-state index >= 15 is 0 Å². The Hall–Kier alpha value is -3.75. The first kappa shape index (κ1) is 20.5. The van der Waals surface area contributed by atoms with Gasteiger partial charge in [0.05, 0.1) is 24.0 Å². The SMILES string of the molecule is CC(=O)Nc1c[nH]c2ccc(CCOc3cnc4ccc(OC(F)(F)F)cc4c3)cc12. The number of hydrogen-bond acceptors (Lipinski definition) is 4. The average Bonchev–Trinajstić information content (AvgIpc) is 3.08. The van der Waals surface area contributed by atoms with Crippen LogP contribution in [-0.4, -0.2) is 28.8 Å². The van der Waals surface area contributed by atoms with Crippen LogP contribution in [0.3, 0.4) is 0 Å². The Morgan fingerprint density at radius 1 is 1.13 bits per heavy atom. The molecule has 4 aromatic rings. The summed E-state index contributed by atoms with van der Waals surface area (Å²) in [7, 11) is 0. The second-order valence-electron chi connectivity index (χ2n) is 6.94. The molecule has 0 aliphatic heterocycles. The number of H-pyrrole nitrogens is 1. The van der Waals surface area contributed by atoms with Gasteiger partial charge in [-0.2, -0.15) is 0 Å². The van der Waals surface area contributed by atoms with Crippen molar-refractivity contribution in [1.82, 2.24) is 9.97 Å². The van der Waals surface area contributed by atoms with Crippen molar-refractivity contribution < 1.29 is 27.4 Å². The Kier molecular flexibility index (Phi) is 5.41. The van der Waals surface area contributed by atoms with Crippen molar-refractivity contribution in [2.75, 3.05) is 11.9 Å². The summed E-state index contributed by atoms with van der Waals surface area (Å²) in [4.78, 5) is 18.7. The van der Waals surface area contributed by atoms with Gasteiger partial charge in [-0.25, -0.2) is 0 Å². The molecule has 2 aromatic carbocycles. The van der Waals surface area contributed by atoms with E-state index in [1.54, 1.807) is 12.3 Å². The standard InChI is InChI=1S/C22H18F3N3O3/c1-13(29)28-21-12-27-20-4-2-14(8-18(20)21)6-7-30-17-10-15-9-16(31-22(23,24)25)3-5-19(15)26-11-17/h2-5,8-12,27H,6-7H2,1H3,(H,28,29). The van der Waals surface area contributed by atoms with E-state index in [9.17, 15) is 18.0 Å². The van der Waals surface area contributed by atoms with Crippen LogP contribution in [0, 0.1) is 0 Å². The summed E-state index contributed by atoms with van der Waals surface area (Å²) in [6, 6.07) is 11.4. The molecule has 0 spiro atoms. The number of pyridine rings is 1. The number of carbonyl (C=O) groups excluding carboxylic acids is 1. The summed E-state index contributed by atoms with van der Waals surface area (Å²) in [5, 5.41) is 4.16. The fourth-order valence-corrected chi connectivity index (χ4v) is 3.27. The van der Waals surface area contributed by atoms with E-state index in [0.717, 1.165) is 16.5 Å². The van der Waals surface area contributed by atoms with Crippen molar-refractivity contribution >= 4 is 33.4 Å². The Bertz CT molecular complexity index is 1250. The average molecular weight is 429 g/mol. The monoisotopic (exact) mass is 429 g/mol. The molecule has 0 radical (unpaired) electrons. The van der Waals surface area contributed by atoms with Crippen LogP contribution in [0.4, 0.5) is 18.9 Å². The van der Waals surface area contributed by atoms with Crippen LogP contribution in [0.25, 0.3) is 21.8 Å². The Balaban J connectivity index is 1.44. The highest BCUT2D eigenvalue weighted by Crippen LogP contribution is 2.28. The summed E-state index contributed by atoms with van der Waals surface area (Å²) in [6.07, 6.45) is -0.897. The number of anilines is 1. The first-order valence-corrected chi connectivity index (χ1v) is 9.43. The third-order valence-electron chi connectivity index (χ3n) is 4.58. The van der Waals surface area contributed by atoms with Gasteiger partial charge >= 0.3 is 6.36 Å². The van der Waals surface area contributed by atoms with Gasteiger partial charge < -0.3 is 19.8 Å². The minimum absolute atomic E-state index is 0.151. The van der Waals surface area contributed by atoms with Crippen molar-refractivity contribution in [3.05, 3.63) is 60.4 Å². The normalized spacial score (nSPS) is 11.6. The topological polar surface area (TPSA) is 76.2 Å². The summed E-state index contributed by atoms with van der Waals surface area (Å²) < 4.78 is 47.0. The fourth-order valence-electron chi connectivity index (χ4n) is 3.27. The van der Waals surface area contributed by atoms with Crippen molar-refractivity contribution in [2.45, 2.75) is 19.7 Å². The van der Waals surface area contributed by atoms with Crippen LogP contribution in [0.15, 0.2) is 54.9 Å². The quantitative estimate of drug-likeness (QED) is 0.442. The molecule has 1 amide bonds. The van der Waals surface area contributed by atoms with Gasteiger partial charge in [-0.15, -0.1) is 13.2 Å². The molecule has 0 bridgehead atoms. The lowest BCUT2D eigenvalue weighted by molar-refractivity contribution is -0.274. The number of ether oxygens (including phenoxy) is 2. The molecular weight excluding hydrogens is 411 g/mol. The van der Waals surface area contributed by atoms with Crippen molar-refractivity contribution in [1.29, 1.82) is 0 Å². The van der Waals surface area contributed by atoms with E-state index in [1.807, 2.05) is 18.2 Å². The molecule has 6 nitrogen and oxygen atoms in total. The number of hydrogen-bond donors (Lipinski definition) is 2. The lowest BCUT2D eigenvalue weighted by Crippen LogP contribution is -2.17. The molecule has 0 saturated heterocycles. The molecule has 0 atom stereocenters. The van der Waals surface area contributed by atoms with Crippen LogP contribution >= 0.6 is 0 Å². The molecule has 2 heterocycles. The number of aromatic amines is 1. The predicted octanol–water partition coefficient (Wildman–Crippen LogP) is 5.19. The minimum atomic E-state index is -4.75. The summed E-state index contributed by atoms with van der Waals surface area (Å²) in [6.45, 7) is 1.80. The zero-order chi connectivity index (χ0) is 22.0. The van der Waals surface area contributed by atoms with E-state index in [2.05, 4.69) is 20.0 Å². The van der Waals surface area contributed by atoms with Gasteiger partial charge in [0.15, 0.2) is 0 Å². The van der Waals surface area contributed by atoms with Gasteiger partial charge in [-0.05, 0) is 42.0 Å². The number of nitrogens with zero attached hydrogens (tertiary/aromatic N) is 1. The Morgan fingerprint density at radius 3 is 2.71 bits per heavy atom. The summed E-state index contributed by atoms with van der Waals surface area (Å²) in [5.41, 5.74) is 3.16. The number of nitrogens with one attached hydrogen (secondary N) is 2. The number of aromatic nitrogens is 2. The van der Waals surface area contributed by atoms with Crippen LogP contribution < -0.4 is 14.8 Å². The van der Waals surface area contributed by atoms with Crippen LogP contribution in [-0.2, 0) is 11.2 Å². The zero-order valence-electron chi connectivity index (χ0n) is 16.4. The maximum atomic E-state index is 12.4. The van der Waals surface area contributed by atoms with E-state index < -0.39 is 6.36 Å². The number of amides is 1. The molecular formula is C22H18F3N3O3. The number of rotatable bonds is 6. The Morgan fingerprint density at radius 2 is 1.94 bits per heavy atom. The summed E-state index contributed by atoms with van der Waals surface area (Å²) >= 11 is 0. The molecule has 0 saturated carbocycles. The van der Waals surface area contributed by atoms with Gasteiger partial charge in [-0.1, -0.05) is 6.07 Å². The second kappa shape index (κ2) is 8.17. The maximum Gasteiger partial charge on any atom is 0.573 e. The van der Waals surface area contributed by atoms with E-state index in [-0.39, 0.29) is 11.7 Å². The van der Waals surface area contributed by atoms with Crippen LogP contribution in [0.1, 0.15) is 12.5 Å². The molecule has 2 N–H and O–H groups in total. The van der Waals surface area contributed by atoms with Crippen molar-refractivity contribution in [2.24, 2.45) is 0 Å². The maximum absolute atomic E-state index is 12.4. The molecule has 9 heteroatoms. The summed E-state index contributed by atoms with van der Waals surface area (Å²) in [5.74, 6) is -0.0192. The molecule has 0 unspecified atom stereocenters. The third-order valence-corrected chi connectivity index (χ3v) is 4.58. The van der Waals surface area contributed by atoms with Gasteiger partial charge in [0.2, 0.25) is 5.91 Å². The minimum Gasteiger partial charge on any atom is -0.492 e. The highest BCUT2D eigenvalue weighted by molar-refractivity contribution is 6.01. The lowest BCUT2D eigenvalue weighted by atomic mass is 10.1. The number of halogens is 3. The smallest absolute Gasteiger partial charge is 0.492 e. The lowest BCUT2D eigenvalue weighted by Gasteiger charge is -2.10. The zero-order valence-corrected chi connectivity index (χ0v) is 16.4. The van der Waals surface area contributed by atoms with Gasteiger partial charge in [-0.3, -0.25) is 9.78 Å². The molecule has 2 aromatic heterocycles. The number of alkyl halides is 3. The van der Waals surface area contributed by atoms with Crippen LogP contribution in [0.2, 0.25) is 0 Å². The predicted molar refractivity (Wildman–Crippen MR) is 110 cm³/mol. The number of fused-ring (bicyclic) bond motifs is 2. The van der Waals surface area contributed by atoms with E-state index in [4.69, 9.17) is 4.74 Å². The number of carbonyl (C=O) groups is 1. The second-order valence-corrected chi connectivity index (χ2v) is 6.94. The third kappa shape index (κ3) is 5.06. The number of benzene rings is 2. The Labute approximate surface area is 175 Å². The first-order chi connectivity index (χ1) is 14.8. The van der Waals surface area contributed by atoms with Gasteiger partial charge in [0.25, 0.3) is 0 Å².